The van der Waals surface area contributed by atoms with Crippen molar-refractivity contribution in [2.75, 3.05) is 12.4 Å². The number of amides is 1. The first kappa shape index (κ1) is 14.3. The molecule has 0 saturated carbocycles. The highest BCUT2D eigenvalue weighted by Crippen LogP contribution is 2.33. The first-order valence-corrected chi connectivity index (χ1v) is 7.04. The molecule has 0 aromatic heterocycles. The van der Waals surface area contributed by atoms with Gasteiger partial charge in [0.05, 0.1) is 7.11 Å². The third kappa shape index (κ3) is 2.83. The van der Waals surface area contributed by atoms with E-state index in [-0.39, 0.29) is 12.0 Å². The average molecular weight is 299 g/mol. The van der Waals surface area contributed by atoms with E-state index in [0.29, 0.717) is 17.2 Å². The molecule has 0 saturated heterocycles. The Bertz CT molecular complexity index is 669. The summed E-state index contributed by atoms with van der Waals surface area (Å²) >= 11 is 0. The third-order valence-electron chi connectivity index (χ3n) is 3.46. The van der Waals surface area contributed by atoms with E-state index in [1.165, 1.54) is 0 Å². The number of methoxy groups -OCH3 is 1. The summed E-state index contributed by atoms with van der Waals surface area (Å²) in [6.07, 6.45) is -1.06. The maximum Gasteiger partial charge on any atom is 0.269 e. The number of fused-ring (bicyclic) bond motifs is 1. The van der Waals surface area contributed by atoms with Crippen molar-refractivity contribution >= 4 is 11.6 Å². The molecule has 3 rings (SSSR count). The lowest BCUT2D eigenvalue weighted by molar-refractivity contribution is -0.128. The van der Waals surface area contributed by atoms with Crippen LogP contribution >= 0.6 is 0 Å². The maximum absolute atomic E-state index is 12.4. The number of carbonyl (C=O) groups excluding carboxylic acids is 1. The highest BCUT2D eigenvalue weighted by molar-refractivity contribution is 5.95. The summed E-state index contributed by atoms with van der Waals surface area (Å²) in [5, 5.41) is 2.82. The molecular formula is C17H17NO4. The van der Waals surface area contributed by atoms with E-state index in [4.69, 9.17) is 14.2 Å². The topological polar surface area (TPSA) is 56.8 Å². The summed E-state index contributed by atoms with van der Waals surface area (Å²) in [4.78, 5) is 12.4. The lowest BCUT2D eigenvalue weighted by Crippen LogP contribution is -2.46. The van der Waals surface area contributed by atoms with Crippen molar-refractivity contribution in [1.29, 1.82) is 0 Å². The van der Waals surface area contributed by atoms with Gasteiger partial charge in [0, 0.05) is 5.69 Å². The van der Waals surface area contributed by atoms with Crippen LogP contribution in [0.1, 0.15) is 6.92 Å². The second-order valence-electron chi connectivity index (χ2n) is 5.03. The fourth-order valence-electron chi connectivity index (χ4n) is 2.29. The second kappa shape index (κ2) is 5.97. The third-order valence-corrected chi connectivity index (χ3v) is 3.46. The summed E-state index contributed by atoms with van der Waals surface area (Å²) in [6.45, 7) is 1.81. The predicted octanol–water partition coefficient (Wildman–Crippen LogP) is 2.86. The zero-order chi connectivity index (χ0) is 15.5. The molecule has 1 aliphatic heterocycles. The predicted molar refractivity (Wildman–Crippen MR) is 82.6 cm³/mol. The van der Waals surface area contributed by atoms with Crippen LogP contribution < -0.4 is 19.5 Å². The van der Waals surface area contributed by atoms with E-state index in [1.54, 1.807) is 37.4 Å². The minimum Gasteiger partial charge on any atom is -0.497 e. The van der Waals surface area contributed by atoms with Crippen LogP contribution in [0.25, 0.3) is 0 Å². The van der Waals surface area contributed by atoms with Crippen molar-refractivity contribution in [2.24, 2.45) is 0 Å². The Hall–Kier alpha value is -2.69. The lowest BCUT2D eigenvalue weighted by Gasteiger charge is -2.31. The van der Waals surface area contributed by atoms with Crippen LogP contribution in [0.2, 0.25) is 0 Å². The molecule has 0 radical (unpaired) electrons. The van der Waals surface area contributed by atoms with Gasteiger partial charge in [0.1, 0.15) is 11.9 Å². The smallest absolute Gasteiger partial charge is 0.269 e. The van der Waals surface area contributed by atoms with Crippen LogP contribution in [0.15, 0.2) is 48.5 Å². The van der Waals surface area contributed by atoms with Gasteiger partial charge >= 0.3 is 0 Å². The fourth-order valence-corrected chi connectivity index (χ4v) is 2.29. The Kier molecular flexibility index (Phi) is 3.87. The molecule has 0 fully saturated rings. The molecule has 114 valence electrons. The van der Waals surface area contributed by atoms with Gasteiger partial charge < -0.3 is 19.5 Å². The molecule has 5 heteroatoms. The molecule has 0 aliphatic carbocycles. The highest BCUT2D eigenvalue weighted by Gasteiger charge is 2.34. The molecule has 0 bridgehead atoms. The molecule has 2 aromatic rings. The Balaban J connectivity index is 1.72. The second-order valence-corrected chi connectivity index (χ2v) is 5.03. The summed E-state index contributed by atoms with van der Waals surface area (Å²) in [7, 11) is 1.60. The molecule has 22 heavy (non-hydrogen) atoms. The van der Waals surface area contributed by atoms with E-state index in [9.17, 15) is 4.79 Å². The van der Waals surface area contributed by atoms with Gasteiger partial charge in [-0.25, -0.2) is 0 Å². The van der Waals surface area contributed by atoms with E-state index in [1.807, 2.05) is 25.1 Å². The summed E-state index contributed by atoms with van der Waals surface area (Å²) < 4.78 is 16.6. The number of para-hydroxylation sites is 2. The molecule has 1 N–H and O–H groups in total. The SMILES string of the molecule is COc1ccc(NC(=O)[C@H]2Oc3ccccc3O[C@H]2C)cc1. The van der Waals surface area contributed by atoms with Crippen LogP contribution in [0.4, 0.5) is 5.69 Å². The van der Waals surface area contributed by atoms with Crippen LogP contribution in [0.3, 0.4) is 0 Å². The van der Waals surface area contributed by atoms with E-state index in [0.717, 1.165) is 5.75 Å². The van der Waals surface area contributed by atoms with Crippen molar-refractivity contribution in [1.82, 2.24) is 0 Å². The molecule has 5 nitrogen and oxygen atoms in total. The number of hydrogen-bond donors (Lipinski definition) is 1. The van der Waals surface area contributed by atoms with Gasteiger partial charge in [0.2, 0.25) is 6.10 Å². The Morgan fingerprint density at radius 1 is 1.05 bits per heavy atom. The molecule has 0 spiro atoms. The van der Waals surface area contributed by atoms with Gasteiger partial charge in [-0.1, -0.05) is 12.1 Å². The number of rotatable bonds is 3. The summed E-state index contributed by atoms with van der Waals surface area (Å²) in [6, 6.07) is 14.4. The Morgan fingerprint density at radius 3 is 2.32 bits per heavy atom. The zero-order valence-electron chi connectivity index (χ0n) is 12.4. The van der Waals surface area contributed by atoms with E-state index in [2.05, 4.69) is 5.32 Å². The average Bonchev–Trinajstić information content (AvgIpc) is 2.54. The van der Waals surface area contributed by atoms with E-state index >= 15 is 0 Å². The molecule has 2 aromatic carbocycles. The summed E-state index contributed by atoms with van der Waals surface area (Å²) in [5.74, 6) is 1.73. The number of nitrogens with one attached hydrogen (secondary N) is 1. The van der Waals surface area contributed by atoms with Crippen molar-refractivity contribution in [3.05, 3.63) is 48.5 Å². The largest absolute Gasteiger partial charge is 0.497 e. The first-order valence-electron chi connectivity index (χ1n) is 7.04. The molecule has 1 aliphatic rings. The molecular weight excluding hydrogens is 282 g/mol. The standard InChI is InChI=1S/C17H17NO4/c1-11-16(22-15-6-4-3-5-14(15)21-11)17(19)18-12-7-9-13(20-2)10-8-12/h3-11,16H,1-2H3,(H,18,19)/t11-,16-/m0/s1. The van der Waals surface area contributed by atoms with Crippen LogP contribution in [-0.4, -0.2) is 25.2 Å². The van der Waals surface area contributed by atoms with Crippen LogP contribution in [0, 0.1) is 0 Å². The number of benzene rings is 2. The zero-order valence-corrected chi connectivity index (χ0v) is 12.4. The van der Waals surface area contributed by atoms with Crippen molar-refractivity contribution in [2.45, 2.75) is 19.1 Å². The van der Waals surface area contributed by atoms with E-state index < -0.39 is 6.10 Å². The molecule has 1 heterocycles. The van der Waals surface area contributed by atoms with Crippen molar-refractivity contribution in [3.63, 3.8) is 0 Å². The molecule has 0 unspecified atom stereocenters. The first-order chi connectivity index (χ1) is 10.7. The fraction of sp³-hybridized carbons (Fsp3) is 0.235. The minimum atomic E-state index is -0.697. The quantitative estimate of drug-likeness (QED) is 0.947. The maximum atomic E-state index is 12.4. The molecule has 2 atom stereocenters. The van der Waals surface area contributed by atoms with Crippen molar-refractivity contribution in [3.8, 4) is 17.2 Å². The van der Waals surface area contributed by atoms with Crippen molar-refractivity contribution < 1.29 is 19.0 Å². The van der Waals surface area contributed by atoms with Crippen LogP contribution in [-0.2, 0) is 4.79 Å². The number of carbonyl (C=O) groups is 1. The van der Waals surface area contributed by atoms with Gasteiger partial charge in [-0.2, -0.15) is 0 Å². The normalized spacial score (nSPS) is 19.4. The van der Waals surface area contributed by atoms with Gasteiger partial charge in [-0.3, -0.25) is 4.79 Å². The number of ether oxygens (including phenoxy) is 3. The number of anilines is 1. The molecule has 1 amide bonds. The van der Waals surface area contributed by atoms with Crippen LogP contribution in [0.5, 0.6) is 17.2 Å². The lowest BCUT2D eigenvalue weighted by atomic mass is 10.1. The van der Waals surface area contributed by atoms with Gasteiger partial charge in [-0.05, 0) is 43.3 Å². The monoisotopic (exact) mass is 299 g/mol. The Morgan fingerprint density at radius 2 is 1.68 bits per heavy atom. The number of hydrogen-bond acceptors (Lipinski definition) is 4. The highest BCUT2D eigenvalue weighted by atomic mass is 16.6. The van der Waals surface area contributed by atoms with Gasteiger partial charge in [-0.15, -0.1) is 0 Å². The Labute approximate surface area is 128 Å². The minimum absolute atomic E-state index is 0.243. The van der Waals surface area contributed by atoms with Gasteiger partial charge in [0.25, 0.3) is 5.91 Å². The summed E-state index contributed by atoms with van der Waals surface area (Å²) in [5.41, 5.74) is 0.681. The van der Waals surface area contributed by atoms with Gasteiger partial charge in [0.15, 0.2) is 11.5 Å².